The molecule has 1 fully saturated rings. The molecule has 0 atom stereocenters. The van der Waals surface area contributed by atoms with Gasteiger partial charge in [0.25, 0.3) is 0 Å². The number of nitrogens with zero attached hydrogens (tertiary/aromatic N) is 1. The van der Waals surface area contributed by atoms with Crippen LogP contribution >= 0.6 is 24.0 Å². The molecule has 0 amide bonds. The molecule has 1 saturated carbocycles. The summed E-state index contributed by atoms with van der Waals surface area (Å²) in [6.07, 6.45) is 3.52. The van der Waals surface area contributed by atoms with Gasteiger partial charge in [-0.15, -0.1) is 24.0 Å². The van der Waals surface area contributed by atoms with E-state index in [1.54, 1.807) is 19.2 Å². The van der Waals surface area contributed by atoms with Crippen LogP contribution in [-0.2, 0) is 5.41 Å². The van der Waals surface area contributed by atoms with Gasteiger partial charge in [0.15, 0.2) is 5.96 Å². The lowest BCUT2D eigenvalue weighted by atomic mass is 9.64. The number of nitrogens with one attached hydrogen (secondary N) is 2. The van der Waals surface area contributed by atoms with Crippen molar-refractivity contribution in [3.05, 3.63) is 35.6 Å². The van der Waals surface area contributed by atoms with Gasteiger partial charge in [0, 0.05) is 25.0 Å². The second-order valence-electron chi connectivity index (χ2n) is 5.87. The van der Waals surface area contributed by atoms with Crippen LogP contribution in [0.1, 0.15) is 38.7 Å². The highest BCUT2D eigenvalue weighted by Crippen LogP contribution is 2.43. The molecule has 3 nitrogen and oxygen atoms in total. The molecule has 0 saturated heterocycles. The van der Waals surface area contributed by atoms with Crippen LogP contribution in [0.3, 0.4) is 0 Å². The Balaban J connectivity index is 0.00000220. The van der Waals surface area contributed by atoms with Gasteiger partial charge in [-0.25, -0.2) is 4.39 Å². The first-order valence-corrected chi connectivity index (χ1v) is 7.29. The molecular formula is C16H25FIN3. The Morgan fingerprint density at radius 2 is 1.90 bits per heavy atom. The fraction of sp³-hybridized carbons (Fsp3) is 0.562. The fourth-order valence-corrected chi connectivity index (χ4v) is 2.70. The van der Waals surface area contributed by atoms with Gasteiger partial charge in [0.05, 0.1) is 0 Å². The normalized spacial score (nSPS) is 16.9. The van der Waals surface area contributed by atoms with Gasteiger partial charge in [-0.05, 0) is 44.4 Å². The number of halogens is 2. The third-order valence-corrected chi connectivity index (χ3v) is 4.01. The van der Waals surface area contributed by atoms with E-state index in [9.17, 15) is 4.39 Å². The maximum absolute atomic E-state index is 13.1. The van der Waals surface area contributed by atoms with Crippen LogP contribution in [0.2, 0.25) is 0 Å². The third-order valence-electron chi connectivity index (χ3n) is 4.01. The van der Waals surface area contributed by atoms with Crippen molar-refractivity contribution < 1.29 is 4.39 Å². The van der Waals surface area contributed by atoms with E-state index in [2.05, 4.69) is 29.5 Å². The van der Waals surface area contributed by atoms with Gasteiger partial charge in [-0.1, -0.05) is 18.6 Å². The summed E-state index contributed by atoms with van der Waals surface area (Å²) in [7, 11) is 1.78. The lowest BCUT2D eigenvalue weighted by Gasteiger charge is -2.43. The smallest absolute Gasteiger partial charge is 0.191 e. The summed E-state index contributed by atoms with van der Waals surface area (Å²) in [5, 5.41) is 6.69. The first kappa shape index (κ1) is 18.2. The molecule has 0 aliphatic heterocycles. The molecule has 21 heavy (non-hydrogen) atoms. The van der Waals surface area contributed by atoms with Gasteiger partial charge >= 0.3 is 0 Å². The summed E-state index contributed by atoms with van der Waals surface area (Å²) in [6.45, 7) is 5.02. The van der Waals surface area contributed by atoms with E-state index >= 15 is 0 Å². The average Bonchev–Trinajstić information content (AvgIpc) is 2.37. The second kappa shape index (κ2) is 7.96. The van der Waals surface area contributed by atoms with Crippen LogP contribution < -0.4 is 10.6 Å². The topological polar surface area (TPSA) is 36.4 Å². The van der Waals surface area contributed by atoms with Crippen LogP contribution in [0.25, 0.3) is 0 Å². The maximum Gasteiger partial charge on any atom is 0.191 e. The highest BCUT2D eigenvalue weighted by molar-refractivity contribution is 14.0. The van der Waals surface area contributed by atoms with Crippen LogP contribution in [0.5, 0.6) is 0 Å². The first-order chi connectivity index (χ1) is 9.55. The molecule has 1 aromatic carbocycles. The Morgan fingerprint density at radius 1 is 1.29 bits per heavy atom. The van der Waals surface area contributed by atoms with Crippen molar-refractivity contribution in [2.24, 2.45) is 4.99 Å². The average molecular weight is 405 g/mol. The van der Waals surface area contributed by atoms with Crippen LogP contribution in [0, 0.1) is 5.82 Å². The molecule has 2 N–H and O–H groups in total. The molecule has 0 heterocycles. The summed E-state index contributed by atoms with van der Waals surface area (Å²) < 4.78 is 13.1. The van der Waals surface area contributed by atoms with E-state index in [4.69, 9.17) is 0 Å². The van der Waals surface area contributed by atoms with Crippen molar-refractivity contribution in [1.29, 1.82) is 0 Å². The minimum absolute atomic E-state index is 0. The molecule has 118 valence electrons. The van der Waals surface area contributed by atoms with Crippen LogP contribution in [0.15, 0.2) is 29.3 Å². The molecule has 1 aromatic rings. The molecule has 0 unspecified atom stereocenters. The van der Waals surface area contributed by atoms with Crippen molar-refractivity contribution >= 4 is 29.9 Å². The molecule has 1 aliphatic rings. The number of benzene rings is 1. The van der Waals surface area contributed by atoms with E-state index < -0.39 is 0 Å². The monoisotopic (exact) mass is 405 g/mol. The molecule has 0 bridgehead atoms. The van der Waals surface area contributed by atoms with Gasteiger partial charge in [0.1, 0.15) is 5.82 Å². The van der Waals surface area contributed by atoms with Crippen LogP contribution in [-0.4, -0.2) is 25.6 Å². The quantitative estimate of drug-likeness (QED) is 0.458. The van der Waals surface area contributed by atoms with Crippen molar-refractivity contribution in [1.82, 2.24) is 10.6 Å². The van der Waals surface area contributed by atoms with Crippen molar-refractivity contribution in [3.63, 3.8) is 0 Å². The first-order valence-electron chi connectivity index (χ1n) is 7.29. The SMILES string of the molecule is CN=C(NCC1(c2ccc(F)cc2)CCC1)NC(C)C.I. The van der Waals surface area contributed by atoms with E-state index in [0.29, 0.717) is 6.04 Å². The number of hydrogen-bond acceptors (Lipinski definition) is 1. The summed E-state index contributed by atoms with van der Waals surface area (Å²) in [5.74, 6) is 0.654. The highest BCUT2D eigenvalue weighted by Gasteiger charge is 2.38. The minimum atomic E-state index is -0.173. The molecule has 1 aliphatic carbocycles. The lowest BCUT2D eigenvalue weighted by molar-refractivity contribution is 0.243. The van der Waals surface area contributed by atoms with Gasteiger partial charge in [-0.2, -0.15) is 0 Å². The summed E-state index contributed by atoms with van der Waals surface area (Å²) in [6, 6.07) is 7.28. The predicted octanol–water partition coefficient (Wildman–Crippen LogP) is 3.44. The number of hydrogen-bond donors (Lipinski definition) is 2. The second-order valence-corrected chi connectivity index (χ2v) is 5.87. The van der Waals surface area contributed by atoms with Crippen molar-refractivity contribution in [2.45, 2.75) is 44.6 Å². The zero-order valence-corrected chi connectivity index (χ0v) is 15.3. The van der Waals surface area contributed by atoms with Gasteiger partial charge in [-0.3, -0.25) is 4.99 Å². The predicted molar refractivity (Wildman–Crippen MR) is 97.0 cm³/mol. The summed E-state index contributed by atoms with van der Waals surface area (Å²) >= 11 is 0. The van der Waals surface area contributed by atoms with Gasteiger partial charge in [0.2, 0.25) is 0 Å². The Bertz CT molecular complexity index is 467. The number of aliphatic imine (C=N–C) groups is 1. The Labute approximate surface area is 143 Å². The van der Waals surface area contributed by atoms with Crippen LogP contribution in [0.4, 0.5) is 4.39 Å². The van der Waals surface area contributed by atoms with Crippen molar-refractivity contribution in [3.8, 4) is 0 Å². The lowest BCUT2D eigenvalue weighted by Crippen LogP contribution is -2.50. The molecule has 0 spiro atoms. The summed E-state index contributed by atoms with van der Waals surface area (Å²) in [4.78, 5) is 4.23. The minimum Gasteiger partial charge on any atom is -0.356 e. The third kappa shape index (κ3) is 4.56. The molecule has 5 heteroatoms. The van der Waals surface area contributed by atoms with E-state index in [-0.39, 0.29) is 35.2 Å². The van der Waals surface area contributed by atoms with Gasteiger partial charge < -0.3 is 10.6 Å². The van der Waals surface area contributed by atoms with E-state index in [1.807, 2.05) is 12.1 Å². The zero-order valence-electron chi connectivity index (χ0n) is 12.9. The molecule has 0 aromatic heterocycles. The Hall–Kier alpha value is -0.850. The Kier molecular flexibility index (Phi) is 6.90. The molecule has 2 rings (SSSR count). The zero-order chi connectivity index (χ0) is 14.6. The fourth-order valence-electron chi connectivity index (χ4n) is 2.70. The number of rotatable bonds is 4. The van der Waals surface area contributed by atoms with E-state index in [0.717, 1.165) is 25.3 Å². The Morgan fingerprint density at radius 3 is 2.33 bits per heavy atom. The summed E-state index contributed by atoms with van der Waals surface area (Å²) in [5.41, 5.74) is 1.35. The van der Waals surface area contributed by atoms with Crippen molar-refractivity contribution in [2.75, 3.05) is 13.6 Å². The molecule has 0 radical (unpaired) electrons. The maximum atomic E-state index is 13.1. The van der Waals surface area contributed by atoms with E-state index in [1.165, 1.54) is 12.0 Å². The number of guanidine groups is 1. The highest BCUT2D eigenvalue weighted by atomic mass is 127. The standard InChI is InChI=1S/C16H24FN3.HI/c1-12(2)20-15(18-3)19-11-16(9-4-10-16)13-5-7-14(17)8-6-13;/h5-8,12H,4,9-11H2,1-3H3,(H2,18,19,20);1H. The molecular weight excluding hydrogens is 380 g/mol. The largest absolute Gasteiger partial charge is 0.356 e.